The number of nitrogens with zero attached hydrogens (tertiary/aromatic N) is 3. The molecule has 3 rings (SSSR count). The lowest BCUT2D eigenvalue weighted by Gasteiger charge is -2.17. The molecule has 0 N–H and O–H groups in total. The normalized spacial score (nSPS) is 10.9. The highest BCUT2D eigenvalue weighted by atomic mass is 32.1. The fraction of sp³-hybridized carbons (Fsp3) is 0.300. The van der Waals surface area contributed by atoms with Gasteiger partial charge in [0.25, 0.3) is 11.5 Å². The summed E-state index contributed by atoms with van der Waals surface area (Å²) < 4.78 is 19.8. The molecular weight excluding hydrogens is 397 g/mol. The SMILES string of the molecule is Cc1sc2ncn(CC(=O)OCC(=O)N(C)Cc3ccccc3F)c(=O)c2c1C. The lowest BCUT2D eigenvalue weighted by atomic mass is 10.2. The van der Waals surface area contributed by atoms with Gasteiger partial charge in [-0.1, -0.05) is 18.2 Å². The number of amides is 1. The van der Waals surface area contributed by atoms with Crippen molar-refractivity contribution in [2.45, 2.75) is 26.9 Å². The average Bonchev–Trinajstić information content (AvgIpc) is 2.98. The van der Waals surface area contributed by atoms with Crippen LogP contribution in [0.15, 0.2) is 35.4 Å². The molecule has 3 aromatic rings. The third kappa shape index (κ3) is 4.51. The second kappa shape index (κ2) is 8.52. The molecule has 1 amide bonds. The Labute approximate surface area is 170 Å². The van der Waals surface area contributed by atoms with Gasteiger partial charge in [0.2, 0.25) is 0 Å². The van der Waals surface area contributed by atoms with Crippen LogP contribution in [0.4, 0.5) is 4.39 Å². The number of rotatable bonds is 6. The van der Waals surface area contributed by atoms with E-state index in [1.807, 2.05) is 13.8 Å². The summed E-state index contributed by atoms with van der Waals surface area (Å²) in [6.45, 7) is 2.96. The number of fused-ring (bicyclic) bond motifs is 1. The van der Waals surface area contributed by atoms with Crippen LogP contribution in [-0.2, 0) is 27.4 Å². The number of benzene rings is 1. The zero-order valence-corrected chi connectivity index (χ0v) is 17.1. The maximum absolute atomic E-state index is 13.7. The summed E-state index contributed by atoms with van der Waals surface area (Å²) in [5.41, 5.74) is 0.883. The highest BCUT2D eigenvalue weighted by molar-refractivity contribution is 7.18. The van der Waals surface area contributed by atoms with Gasteiger partial charge in [-0.25, -0.2) is 9.37 Å². The van der Waals surface area contributed by atoms with Gasteiger partial charge >= 0.3 is 5.97 Å². The average molecular weight is 417 g/mol. The van der Waals surface area contributed by atoms with Crippen LogP contribution in [0.5, 0.6) is 0 Å². The van der Waals surface area contributed by atoms with E-state index in [1.54, 1.807) is 18.2 Å². The monoisotopic (exact) mass is 417 g/mol. The van der Waals surface area contributed by atoms with E-state index < -0.39 is 24.3 Å². The number of hydrogen-bond donors (Lipinski definition) is 0. The van der Waals surface area contributed by atoms with Gasteiger partial charge in [-0.05, 0) is 25.5 Å². The van der Waals surface area contributed by atoms with E-state index in [1.165, 1.54) is 35.7 Å². The first kappa shape index (κ1) is 20.7. The smallest absolute Gasteiger partial charge is 0.326 e. The van der Waals surface area contributed by atoms with Crippen LogP contribution in [0.1, 0.15) is 16.0 Å². The van der Waals surface area contributed by atoms with Gasteiger partial charge in [0.05, 0.1) is 11.7 Å². The first-order chi connectivity index (χ1) is 13.8. The summed E-state index contributed by atoms with van der Waals surface area (Å²) in [7, 11) is 1.49. The number of thiophene rings is 1. The first-order valence-electron chi connectivity index (χ1n) is 8.86. The van der Waals surface area contributed by atoms with Gasteiger partial charge in [0.15, 0.2) is 6.61 Å². The second-order valence-electron chi connectivity index (χ2n) is 6.64. The van der Waals surface area contributed by atoms with Gasteiger partial charge in [0, 0.05) is 24.0 Å². The van der Waals surface area contributed by atoms with Crippen LogP contribution in [-0.4, -0.2) is 40.0 Å². The van der Waals surface area contributed by atoms with Crippen LogP contribution in [0.3, 0.4) is 0 Å². The fourth-order valence-electron chi connectivity index (χ4n) is 2.79. The van der Waals surface area contributed by atoms with Gasteiger partial charge in [-0.3, -0.25) is 19.0 Å². The molecule has 29 heavy (non-hydrogen) atoms. The minimum atomic E-state index is -0.731. The summed E-state index contributed by atoms with van der Waals surface area (Å²) in [4.78, 5) is 43.9. The molecule has 0 aliphatic carbocycles. The van der Waals surface area contributed by atoms with Crippen molar-refractivity contribution in [3.05, 3.63) is 62.8 Å². The van der Waals surface area contributed by atoms with E-state index in [-0.39, 0.29) is 18.6 Å². The molecular formula is C20H20FN3O4S. The maximum atomic E-state index is 13.7. The van der Waals surface area contributed by atoms with Gasteiger partial charge in [-0.15, -0.1) is 11.3 Å². The zero-order chi connectivity index (χ0) is 21.1. The van der Waals surface area contributed by atoms with Crippen molar-refractivity contribution < 1.29 is 18.7 Å². The van der Waals surface area contributed by atoms with Gasteiger partial charge in [0.1, 0.15) is 17.2 Å². The zero-order valence-electron chi connectivity index (χ0n) is 16.3. The number of esters is 1. The van der Waals surface area contributed by atoms with E-state index in [0.29, 0.717) is 15.8 Å². The molecule has 2 aromatic heterocycles. The number of carbonyl (C=O) groups excluding carboxylic acids is 2. The van der Waals surface area contributed by atoms with Crippen molar-refractivity contribution in [3.63, 3.8) is 0 Å². The lowest BCUT2D eigenvalue weighted by Crippen LogP contribution is -2.32. The number of ether oxygens (including phenoxy) is 1. The molecule has 9 heteroatoms. The molecule has 1 aromatic carbocycles. The minimum Gasteiger partial charge on any atom is -0.454 e. The Bertz CT molecular complexity index is 1140. The number of aromatic nitrogens is 2. The number of aryl methyl sites for hydroxylation is 2. The highest BCUT2D eigenvalue weighted by Gasteiger charge is 2.17. The second-order valence-corrected chi connectivity index (χ2v) is 7.85. The molecule has 0 atom stereocenters. The minimum absolute atomic E-state index is 0.0554. The van der Waals surface area contributed by atoms with E-state index in [9.17, 15) is 18.8 Å². The molecule has 0 bridgehead atoms. The van der Waals surface area contributed by atoms with Gasteiger partial charge in [-0.2, -0.15) is 0 Å². The summed E-state index contributed by atoms with van der Waals surface area (Å²) in [6.07, 6.45) is 1.30. The first-order valence-corrected chi connectivity index (χ1v) is 9.67. The van der Waals surface area contributed by atoms with Crippen LogP contribution in [0, 0.1) is 19.7 Å². The highest BCUT2D eigenvalue weighted by Crippen LogP contribution is 2.25. The Balaban J connectivity index is 1.60. The molecule has 0 fully saturated rings. The van der Waals surface area contributed by atoms with Crippen molar-refractivity contribution >= 4 is 33.4 Å². The van der Waals surface area contributed by atoms with Crippen molar-refractivity contribution in [1.82, 2.24) is 14.5 Å². The van der Waals surface area contributed by atoms with Crippen LogP contribution < -0.4 is 5.56 Å². The molecule has 0 saturated carbocycles. The van der Waals surface area contributed by atoms with Crippen molar-refractivity contribution in [1.29, 1.82) is 0 Å². The number of halogens is 1. The van der Waals surface area contributed by atoms with Crippen LogP contribution in [0.25, 0.3) is 10.2 Å². The Morgan fingerprint density at radius 3 is 2.72 bits per heavy atom. The Kier molecular flexibility index (Phi) is 6.07. The Morgan fingerprint density at radius 1 is 1.28 bits per heavy atom. The predicted molar refractivity (Wildman–Crippen MR) is 107 cm³/mol. The summed E-state index contributed by atoms with van der Waals surface area (Å²) in [6, 6.07) is 6.13. The molecule has 0 saturated heterocycles. The third-order valence-electron chi connectivity index (χ3n) is 4.60. The summed E-state index contributed by atoms with van der Waals surface area (Å²) >= 11 is 1.42. The summed E-state index contributed by atoms with van der Waals surface area (Å²) in [5.74, 6) is -1.62. The Morgan fingerprint density at radius 2 is 2.00 bits per heavy atom. The fourth-order valence-corrected chi connectivity index (χ4v) is 3.78. The predicted octanol–water partition coefficient (Wildman–Crippen LogP) is 2.42. The van der Waals surface area contributed by atoms with Crippen LogP contribution >= 0.6 is 11.3 Å². The number of likely N-dealkylation sites (N-methyl/N-ethyl adjacent to an activating group) is 1. The van der Waals surface area contributed by atoms with Crippen molar-refractivity contribution in [3.8, 4) is 0 Å². The van der Waals surface area contributed by atoms with E-state index in [2.05, 4.69) is 4.98 Å². The lowest BCUT2D eigenvalue weighted by molar-refractivity contribution is -0.152. The molecule has 152 valence electrons. The van der Waals surface area contributed by atoms with Crippen molar-refractivity contribution in [2.75, 3.05) is 13.7 Å². The third-order valence-corrected chi connectivity index (χ3v) is 5.72. The quantitative estimate of drug-likeness (QED) is 0.576. The summed E-state index contributed by atoms with van der Waals surface area (Å²) in [5, 5.41) is 0.489. The molecule has 0 unspecified atom stereocenters. The standard InChI is InChI=1S/C20H20FN3O4S/c1-12-13(2)29-19-18(12)20(27)24(11-22-19)9-17(26)28-10-16(25)23(3)8-14-6-4-5-7-15(14)21/h4-7,11H,8-10H2,1-3H3. The molecule has 2 heterocycles. The van der Waals surface area contributed by atoms with Crippen molar-refractivity contribution in [2.24, 2.45) is 0 Å². The van der Waals surface area contributed by atoms with E-state index in [0.717, 1.165) is 15.0 Å². The molecule has 0 spiro atoms. The molecule has 0 aliphatic heterocycles. The maximum Gasteiger partial charge on any atom is 0.326 e. The number of carbonyl (C=O) groups is 2. The number of hydrogen-bond acceptors (Lipinski definition) is 6. The van der Waals surface area contributed by atoms with E-state index >= 15 is 0 Å². The molecule has 0 aliphatic rings. The largest absolute Gasteiger partial charge is 0.454 e. The molecule has 7 nitrogen and oxygen atoms in total. The van der Waals surface area contributed by atoms with Gasteiger partial charge < -0.3 is 9.64 Å². The topological polar surface area (TPSA) is 81.5 Å². The van der Waals surface area contributed by atoms with Crippen LogP contribution in [0.2, 0.25) is 0 Å². The van der Waals surface area contributed by atoms with E-state index in [4.69, 9.17) is 4.74 Å². The Hall–Kier alpha value is -3.07. The molecule has 0 radical (unpaired) electrons.